The average molecular weight is 102 g/mol. The molecular formula is H2BFLiO2P. The van der Waals surface area contributed by atoms with Gasteiger partial charge in [0.1, 0.15) is 0 Å². The van der Waals surface area contributed by atoms with Gasteiger partial charge in [-0.25, -0.2) is 0 Å². The molecule has 0 aliphatic heterocycles. The zero-order valence-corrected chi connectivity index (χ0v) is 4.15. The van der Waals surface area contributed by atoms with Gasteiger partial charge >= 0.3 is 18.9 Å². The molecule has 1 unspecified atom stereocenters. The molecule has 0 saturated heterocycles. The Hall–Kier alpha value is 0.782. The summed E-state index contributed by atoms with van der Waals surface area (Å²) in [6.07, 6.45) is 0. The van der Waals surface area contributed by atoms with Crippen LogP contribution in [0.1, 0.15) is 1.43 Å². The minimum atomic E-state index is -4.64. The van der Waals surface area contributed by atoms with Gasteiger partial charge in [0.05, 0.1) is 0 Å². The molecule has 2 nitrogen and oxygen atoms in total. The molecule has 6 heavy (non-hydrogen) atoms. The Bertz CT molecular complexity index is 63.8. The van der Waals surface area contributed by atoms with Crippen LogP contribution in [0.3, 0.4) is 0 Å². The summed E-state index contributed by atoms with van der Waals surface area (Å²) >= 11 is 0. The first-order valence-electron chi connectivity index (χ1n) is 0.810. The number of rotatable bonds is 0. The van der Waals surface area contributed by atoms with Gasteiger partial charge in [0.25, 0.3) is 7.56 Å². The molecule has 0 bridgehead atoms. The zero-order valence-electron chi connectivity index (χ0n) is 4.26. The predicted molar refractivity (Wildman–Crippen MR) is 17.8 cm³/mol. The van der Waals surface area contributed by atoms with E-state index in [0.29, 0.717) is 0 Å². The van der Waals surface area contributed by atoms with Gasteiger partial charge in [0.15, 0.2) is 0 Å². The molecule has 1 atom stereocenters. The first kappa shape index (κ1) is 9.92. The Morgan fingerprint density at radius 3 is 2.00 bits per heavy atom. The number of hydrogen-bond donors (Lipinski definition) is 1. The molecular weight excluding hydrogens is 99.7 g/mol. The monoisotopic (exact) mass is 102 g/mol. The molecule has 6 heteroatoms. The van der Waals surface area contributed by atoms with E-state index in [2.05, 4.69) is 7.57 Å². The quantitative estimate of drug-likeness (QED) is 0.267. The summed E-state index contributed by atoms with van der Waals surface area (Å²) in [5.74, 6) is 0. The van der Waals surface area contributed by atoms with E-state index in [4.69, 9.17) is 9.46 Å². The van der Waals surface area contributed by atoms with Gasteiger partial charge in [-0.15, -0.1) is 0 Å². The second kappa shape index (κ2) is 2.87. The standard InChI is InChI=1S/BFHO2P.Li.H/c1-5(2,3)4;;/h(H,3,4);;/q;+1;-1. The molecule has 2 radical (unpaired) electrons. The van der Waals surface area contributed by atoms with Crippen molar-refractivity contribution in [1.29, 1.82) is 0 Å². The van der Waals surface area contributed by atoms with E-state index in [9.17, 15) is 4.20 Å². The van der Waals surface area contributed by atoms with Gasteiger partial charge in [-0.3, -0.25) is 4.57 Å². The summed E-state index contributed by atoms with van der Waals surface area (Å²) in [5, 5.41) is 0. The van der Waals surface area contributed by atoms with Crippen molar-refractivity contribution in [2.75, 3.05) is 0 Å². The molecule has 0 aromatic heterocycles. The molecule has 0 rings (SSSR count). The average Bonchev–Trinajstić information content (AvgIpc) is 0.722. The molecule has 0 spiro atoms. The normalized spacial score (nSPS) is 17.7. The van der Waals surface area contributed by atoms with Crippen LogP contribution in [0.2, 0.25) is 0 Å². The Morgan fingerprint density at radius 2 is 2.00 bits per heavy atom. The molecule has 30 valence electrons. The van der Waals surface area contributed by atoms with Crippen molar-refractivity contribution in [2.24, 2.45) is 0 Å². The number of halogens is 1. The zero-order chi connectivity index (χ0) is 4.50. The smallest absolute Gasteiger partial charge is 1.00 e. The maximum atomic E-state index is 10.6. The summed E-state index contributed by atoms with van der Waals surface area (Å²) in [6, 6.07) is 0. The molecule has 0 aliphatic carbocycles. The van der Waals surface area contributed by atoms with Crippen molar-refractivity contribution in [3.63, 3.8) is 0 Å². The van der Waals surface area contributed by atoms with Crippen LogP contribution in [0.4, 0.5) is 4.20 Å². The van der Waals surface area contributed by atoms with Crippen molar-refractivity contribution in [3.05, 3.63) is 0 Å². The molecule has 0 saturated carbocycles. The maximum absolute atomic E-state index is 10.6. The predicted octanol–water partition coefficient (Wildman–Crippen LogP) is -2.66. The fourth-order valence-corrected chi connectivity index (χ4v) is 0. The second-order valence-electron chi connectivity index (χ2n) is 0.545. The van der Waals surface area contributed by atoms with E-state index >= 15 is 0 Å². The summed E-state index contributed by atoms with van der Waals surface area (Å²) in [4.78, 5) is 7.19. The van der Waals surface area contributed by atoms with E-state index in [1.165, 1.54) is 0 Å². The van der Waals surface area contributed by atoms with Crippen molar-refractivity contribution in [1.82, 2.24) is 0 Å². The Labute approximate surface area is 49.7 Å². The van der Waals surface area contributed by atoms with E-state index in [1.54, 1.807) is 0 Å². The minimum absolute atomic E-state index is 0. The third-order valence-electron chi connectivity index (χ3n) is 0. The first-order valence-corrected chi connectivity index (χ1v) is 2.43. The van der Waals surface area contributed by atoms with Gasteiger partial charge in [-0.1, -0.05) is 0 Å². The van der Waals surface area contributed by atoms with Gasteiger partial charge < -0.3 is 6.32 Å². The molecule has 0 amide bonds. The molecule has 1 N–H and O–H groups in total. The maximum Gasteiger partial charge on any atom is 1.00 e. The summed E-state index contributed by atoms with van der Waals surface area (Å²) in [5.41, 5.74) is 0. The first-order chi connectivity index (χ1) is 2.00. The minimum Gasteiger partial charge on any atom is -1.00 e. The second-order valence-corrected chi connectivity index (χ2v) is 1.63. The molecule has 0 fully saturated rings. The van der Waals surface area contributed by atoms with Crippen molar-refractivity contribution in [2.45, 2.75) is 0 Å². The Balaban J connectivity index is -0.0000000800. The summed E-state index contributed by atoms with van der Waals surface area (Å²) in [6.45, 7) is 0. The van der Waals surface area contributed by atoms with Crippen LogP contribution < -0.4 is 18.9 Å². The molecule has 0 aliphatic rings. The van der Waals surface area contributed by atoms with Gasteiger partial charge in [-0.2, -0.15) is 4.20 Å². The van der Waals surface area contributed by atoms with E-state index in [-0.39, 0.29) is 20.3 Å². The van der Waals surface area contributed by atoms with Crippen molar-refractivity contribution >= 4 is 15.1 Å². The van der Waals surface area contributed by atoms with E-state index in [1.807, 2.05) is 0 Å². The van der Waals surface area contributed by atoms with Crippen LogP contribution in [-0.4, -0.2) is 12.5 Å². The van der Waals surface area contributed by atoms with Crippen LogP contribution in [0.5, 0.6) is 0 Å². The fraction of sp³-hybridized carbons (Fsp3) is 0. The molecule has 0 aromatic rings. The van der Waals surface area contributed by atoms with Crippen molar-refractivity contribution < 1.29 is 33.9 Å². The van der Waals surface area contributed by atoms with Crippen molar-refractivity contribution in [3.8, 4) is 0 Å². The van der Waals surface area contributed by atoms with Gasteiger partial charge in [0, 0.05) is 0 Å². The molecule has 0 aromatic carbocycles. The van der Waals surface area contributed by atoms with Crippen LogP contribution in [0.15, 0.2) is 0 Å². The topological polar surface area (TPSA) is 37.3 Å². The Kier molecular flexibility index (Phi) is 4.75. The fourth-order valence-electron chi connectivity index (χ4n) is 0. The molecule has 0 heterocycles. The third-order valence-corrected chi connectivity index (χ3v) is 0. The summed E-state index contributed by atoms with van der Waals surface area (Å²) in [7, 11) is -0.840. The largest absolute Gasteiger partial charge is 1.00 e. The van der Waals surface area contributed by atoms with Gasteiger partial charge in [0.2, 0.25) is 7.57 Å². The van der Waals surface area contributed by atoms with E-state index < -0.39 is 7.56 Å². The third kappa shape index (κ3) is 112. The van der Waals surface area contributed by atoms with Crippen LogP contribution in [0, 0.1) is 0 Å². The summed E-state index contributed by atoms with van der Waals surface area (Å²) < 4.78 is 19.5. The van der Waals surface area contributed by atoms with Crippen LogP contribution in [0.25, 0.3) is 0 Å². The van der Waals surface area contributed by atoms with E-state index in [0.717, 1.165) is 0 Å². The van der Waals surface area contributed by atoms with Crippen LogP contribution in [-0.2, 0) is 4.57 Å². The number of hydrogen-bond acceptors (Lipinski definition) is 1. The SMILES string of the molecule is [B]P(=O)(O)F.[H-].[Li+]. The Morgan fingerprint density at radius 1 is 2.00 bits per heavy atom. The van der Waals surface area contributed by atoms with Gasteiger partial charge in [-0.05, 0) is 0 Å². The van der Waals surface area contributed by atoms with Crippen LogP contribution >= 0.6 is 7.56 Å².